The van der Waals surface area contributed by atoms with Gasteiger partial charge in [0.05, 0.1) is 10.4 Å². The summed E-state index contributed by atoms with van der Waals surface area (Å²) in [6.07, 6.45) is 7.51. The molecule has 0 bridgehead atoms. The molecule has 0 amide bonds. The molecule has 3 fully saturated rings. The average molecular weight is 476 g/mol. The first kappa shape index (κ1) is 22.4. The lowest BCUT2D eigenvalue weighted by Gasteiger charge is -2.26. The standard InChI is InChI=1S/C23H29N3O6S/c24-20-10-14-26(23(20)11-12-23)33(29,30)19-8-4-7-18-17(19)9-13-25(21(18)27)15-31-22(28)32-16-5-2-1-3-6-16/h4,7-9,13,16,20H,1-3,5-6,10-12,14-15,24H2/t20-/m1/s1. The van der Waals surface area contributed by atoms with Crippen LogP contribution < -0.4 is 11.3 Å². The number of rotatable bonds is 5. The first-order valence-electron chi connectivity index (χ1n) is 11.6. The van der Waals surface area contributed by atoms with Gasteiger partial charge in [-0.05, 0) is 63.1 Å². The van der Waals surface area contributed by atoms with Gasteiger partial charge in [0.1, 0.15) is 6.10 Å². The van der Waals surface area contributed by atoms with Gasteiger partial charge in [-0.15, -0.1) is 0 Å². The summed E-state index contributed by atoms with van der Waals surface area (Å²) in [7, 11) is -3.82. The SMILES string of the molecule is N[C@@H]1CCN(S(=O)(=O)c2cccc3c(=O)n(COC(=O)OC4CCCCC4)ccc23)C12CC2. The van der Waals surface area contributed by atoms with Gasteiger partial charge in [0.25, 0.3) is 5.56 Å². The van der Waals surface area contributed by atoms with Crippen LogP contribution in [0.5, 0.6) is 0 Å². The molecule has 1 saturated heterocycles. The second kappa shape index (κ2) is 8.41. The Morgan fingerprint density at radius 3 is 2.58 bits per heavy atom. The number of aromatic nitrogens is 1. The molecule has 2 heterocycles. The first-order chi connectivity index (χ1) is 15.8. The third-order valence-electron chi connectivity index (χ3n) is 7.28. The fourth-order valence-corrected chi connectivity index (χ4v) is 7.34. The topological polar surface area (TPSA) is 121 Å². The minimum Gasteiger partial charge on any atom is -0.431 e. The van der Waals surface area contributed by atoms with Crippen molar-refractivity contribution in [1.82, 2.24) is 8.87 Å². The Labute approximate surface area is 192 Å². The largest absolute Gasteiger partial charge is 0.510 e. The minimum atomic E-state index is -3.82. The van der Waals surface area contributed by atoms with Crippen molar-refractivity contribution in [3.8, 4) is 0 Å². The van der Waals surface area contributed by atoms with Crippen LogP contribution in [0, 0.1) is 0 Å². The highest BCUT2D eigenvalue weighted by Gasteiger charge is 2.60. The normalized spacial score (nSPS) is 23.1. The van der Waals surface area contributed by atoms with Crippen LogP contribution in [-0.2, 0) is 26.2 Å². The molecular formula is C23H29N3O6S. The molecule has 10 heteroatoms. The smallest absolute Gasteiger partial charge is 0.431 e. The van der Waals surface area contributed by atoms with Gasteiger partial charge in [-0.1, -0.05) is 12.5 Å². The number of hydrogen-bond acceptors (Lipinski definition) is 7. The second-order valence-electron chi connectivity index (χ2n) is 9.29. The Morgan fingerprint density at radius 1 is 1.09 bits per heavy atom. The molecule has 1 aliphatic heterocycles. The molecule has 0 unspecified atom stereocenters. The molecule has 2 aliphatic carbocycles. The zero-order valence-corrected chi connectivity index (χ0v) is 19.3. The molecule has 0 radical (unpaired) electrons. The number of nitrogens with zero attached hydrogens (tertiary/aromatic N) is 2. The van der Waals surface area contributed by atoms with E-state index < -0.39 is 27.3 Å². The van der Waals surface area contributed by atoms with E-state index in [1.54, 1.807) is 18.2 Å². The zero-order chi connectivity index (χ0) is 23.2. The van der Waals surface area contributed by atoms with E-state index in [4.69, 9.17) is 15.2 Å². The van der Waals surface area contributed by atoms with Gasteiger partial charge in [0, 0.05) is 29.6 Å². The van der Waals surface area contributed by atoms with Crippen LogP contribution in [0.1, 0.15) is 51.4 Å². The van der Waals surface area contributed by atoms with E-state index in [2.05, 4.69) is 0 Å². The van der Waals surface area contributed by atoms with Crippen molar-refractivity contribution in [3.63, 3.8) is 0 Å². The molecule has 1 aromatic carbocycles. The van der Waals surface area contributed by atoms with Gasteiger partial charge in [-0.2, -0.15) is 4.31 Å². The number of fused-ring (bicyclic) bond motifs is 1. The van der Waals surface area contributed by atoms with Crippen molar-refractivity contribution < 1.29 is 22.7 Å². The molecule has 2 saturated carbocycles. The van der Waals surface area contributed by atoms with E-state index >= 15 is 0 Å². The van der Waals surface area contributed by atoms with Gasteiger partial charge in [-0.3, -0.25) is 9.36 Å². The summed E-state index contributed by atoms with van der Waals surface area (Å²) >= 11 is 0. The van der Waals surface area contributed by atoms with E-state index in [0.717, 1.165) is 44.9 Å². The maximum atomic E-state index is 13.5. The Morgan fingerprint density at radius 2 is 1.85 bits per heavy atom. The van der Waals surface area contributed by atoms with Crippen LogP contribution in [0.2, 0.25) is 0 Å². The second-order valence-corrected chi connectivity index (χ2v) is 11.1. The summed E-state index contributed by atoms with van der Waals surface area (Å²) in [5.74, 6) is 0. The molecule has 2 N–H and O–H groups in total. The van der Waals surface area contributed by atoms with Crippen LogP contribution in [-0.4, -0.2) is 47.7 Å². The number of benzene rings is 1. The molecule has 1 atom stereocenters. The zero-order valence-electron chi connectivity index (χ0n) is 18.4. The molecule has 1 spiro atoms. The summed E-state index contributed by atoms with van der Waals surface area (Å²) in [6, 6.07) is 6.09. The maximum Gasteiger partial charge on any atom is 0.510 e. The molecule has 9 nitrogen and oxygen atoms in total. The van der Waals surface area contributed by atoms with Gasteiger partial charge in [0.15, 0.2) is 6.73 Å². The summed E-state index contributed by atoms with van der Waals surface area (Å²) < 4.78 is 40.3. The van der Waals surface area contributed by atoms with E-state index in [0.29, 0.717) is 18.4 Å². The quantitative estimate of drug-likeness (QED) is 0.660. The van der Waals surface area contributed by atoms with E-state index in [9.17, 15) is 18.0 Å². The Bertz CT molecular complexity index is 1230. The van der Waals surface area contributed by atoms with Crippen molar-refractivity contribution in [3.05, 3.63) is 40.8 Å². The summed E-state index contributed by atoms with van der Waals surface area (Å²) in [6.45, 7) is 0.0787. The number of carbonyl (C=O) groups is 1. The number of nitrogens with two attached hydrogens (primary N) is 1. The number of pyridine rings is 1. The van der Waals surface area contributed by atoms with Gasteiger partial charge in [0.2, 0.25) is 10.0 Å². The minimum absolute atomic E-state index is 0.0993. The molecule has 5 rings (SSSR count). The van der Waals surface area contributed by atoms with Crippen molar-refractivity contribution in [2.24, 2.45) is 5.73 Å². The predicted molar refractivity (Wildman–Crippen MR) is 121 cm³/mol. The number of sulfonamides is 1. The van der Waals surface area contributed by atoms with Gasteiger partial charge in [-0.25, -0.2) is 13.2 Å². The maximum absolute atomic E-state index is 13.5. The average Bonchev–Trinajstić information content (AvgIpc) is 3.53. The lowest BCUT2D eigenvalue weighted by molar-refractivity contribution is -0.00412. The lowest BCUT2D eigenvalue weighted by atomic mass is 9.98. The van der Waals surface area contributed by atoms with Crippen LogP contribution in [0.15, 0.2) is 40.2 Å². The van der Waals surface area contributed by atoms with Crippen molar-refractivity contribution in [2.75, 3.05) is 6.54 Å². The van der Waals surface area contributed by atoms with E-state index in [-0.39, 0.29) is 29.2 Å². The highest BCUT2D eigenvalue weighted by molar-refractivity contribution is 7.89. The summed E-state index contributed by atoms with van der Waals surface area (Å²) in [5.41, 5.74) is 5.28. The number of hydrogen-bond donors (Lipinski definition) is 1. The van der Waals surface area contributed by atoms with Crippen LogP contribution in [0.25, 0.3) is 10.8 Å². The monoisotopic (exact) mass is 475 g/mol. The van der Waals surface area contributed by atoms with Crippen LogP contribution in [0.4, 0.5) is 4.79 Å². The highest BCUT2D eigenvalue weighted by Crippen LogP contribution is 2.51. The van der Waals surface area contributed by atoms with Crippen LogP contribution in [0.3, 0.4) is 0 Å². The Kier molecular flexibility index (Phi) is 5.70. The third kappa shape index (κ3) is 3.94. The summed E-state index contributed by atoms with van der Waals surface area (Å²) in [5, 5.41) is 0.593. The van der Waals surface area contributed by atoms with Crippen molar-refractivity contribution in [2.45, 2.75) is 80.7 Å². The number of ether oxygens (including phenoxy) is 2. The highest BCUT2D eigenvalue weighted by atomic mass is 32.2. The van der Waals surface area contributed by atoms with Crippen LogP contribution >= 0.6 is 0 Å². The third-order valence-corrected chi connectivity index (χ3v) is 9.31. The fourth-order valence-electron chi connectivity index (χ4n) is 5.25. The summed E-state index contributed by atoms with van der Waals surface area (Å²) in [4.78, 5) is 25.2. The van der Waals surface area contributed by atoms with E-state index in [1.165, 1.54) is 21.1 Å². The predicted octanol–water partition coefficient (Wildman–Crippen LogP) is 2.70. The molecule has 2 aromatic rings. The lowest BCUT2D eigenvalue weighted by Crippen LogP contribution is -2.44. The molecule has 33 heavy (non-hydrogen) atoms. The molecule has 178 valence electrons. The van der Waals surface area contributed by atoms with Gasteiger partial charge < -0.3 is 15.2 Å². The Balaban J connectivity index is 1.37. The first-order valence-corrected chi connectivity index (χ1v) is 13.0. The molecule has 1 aromatic heterocycles. The Hall–Kier alpha value is -2.43. The van der Waals surface area contributed by atoms with E-state index in [1.807, 2.05) is 0 Å². The van der Waals surface area contributed by atoms with Crippen molar-refractivity contribution in [1.29, 1.82) is 0 Å². The van der Waals surface area contributed by atoms with Gasteiger partial charge >= 0.3 is 6.16 Å². The van der Waals surface area contributed by atoms with Crippen molar-refractivity contribution >= 4 is 27.0 Å². The molecular weight excluding hydrogens is 446 g/mol. The fraction of sp³-hybridized carbons (Fsp3) is 0.565. The number of carbonyl (C=O) groups excluding carboxylic acids is 1. The molecule has 3 aliphatic rings.